The quantitative estimate of drug-likeness (QED) is 0.592. The van der Waals surface area contributed by atoms with E-state index in [4.69, 9.17) is 15.2 Å². The van der Waals surface area contributed by atoms with E-state index in [0.29, 0.717) is 6.42 Å². The second-order valence-electron chi connectivity index (χ2n) is 5.89. The fourth-order valence-electron chi connectivity index (χ4n) is 2.82. The SMILES string of the molecule is NC(=O)OCSN1C(=O)CC[C@@H]1Cc1ccc(Oc2ccccc2)cc1. The van der Waals surface area contributed by atoms with Crippen LogP contribution in [0.3, 0.4) is 0 Å². The second kappa shape index (κ2) is 8.62. The van der Waals surface area contributed by atoms with Crippen LogP contribution in [0.1, 0.15) is 18.4 Å². The molecule has 0 radical (unpaired) electrons. The Labute approximate surface area is 156 Å². The van der Waals surface area contributed by atoms with E-state index >= 15 is 0 Å². The average Bonchev–Trinajstić information content (AvgIpc) is 2.97. The maximum atomic E-state index is 12.0. The molecule has 3 rings (SSSR count). The number of rotatable bonds is 7. The molecule has 2 aromatic rings. The summed E-state index contributed by atoms with van der Waals surface area (Å²) in [6, 6.07) is 17.5. The summed E-state index contributed by atoms with van der Waals surface area (Å²) in [5.41, 5.74) is 6.07. The lowest BCUT2D eigenvalue weighted by atomic mass is 10.0. The zero-order valence-electron chi connectivity index (χ0n) is 14.2. The number of carbonyl (C=O) groups is 2. The number of nitrogens with two attached hydrogens (primary N) is 1. The van der Waals surface area contributed by atoms with Crippen LogP contribution >= 0.6 is 11.9 Å². The molecule has 2 amide bonds. The Morgan fingerprint density at radius 3 is 2.50 bits per heavy atom. The Morgan fingerprint density at radius 2 is 1.81 bits per heavy atom. The molecule has 136 valence electrons. The molecule has 0 unspecified atom stereocenters. The molecular weight excluding hydrogens is 352 g/mol. The number of para-hydroxylation sites is 1. The molecule has 0 saturated carbocycles. The third-order valence-electron chi connectivity index (χ3n) is 4.04. The lowest BCUT2D eigenvalue weighted by molar-refractivity contribution is -0.124. The maximum absolute atomic E-state index is 12.0. The monoisotopic (exact) mass is 372 g/mol. The number of hydrogen-bond acceptors (Lipinski definition) is 5. The minimum atomic E-state index is -0.838. The zero-order valence-corrected chi connectivity index (χ0v) is 15.0. The van der Waals surface area contributed by atoms with Crippen LogP contribution < -0.4 is 10.5 Å². The summed E-state index contributed by atoms with van der Waals surface area (Å²) in [5.74, 6) is 1.65. The first-order chi connectivity index (χ1) is 12.6. The van der Waals surface area contributed by atoms with E-state index in [1.807, 2.05) is 54.6 Å². The van der Waals surface area contributed by atoms with E-state index in [-0.39, 0.29) is 17.9 Å². The van der Waals surface area contributed by atoms with E-state index in [0.717, 1.165) is 29.9 Å². The fourth-order valence-corrected chi connectivity index (χ4v) is 3.72. The molecular formula is C19H20N2O4S. The predicted octanol–water partition coefficient (Wildman–Crippen LogP) is 3.71. The van der Waals surface area contributed by atoms with Crippen LogP contribution in [0.25, 0.3) is 0 Å². The van der Waals surface area contributed by atoms with Crippen molar-refractivity contribution < 1.29 is 19.1 Å². The van der Waals surface area contributed by atoms with Crippen molar-refractivity contribution in [2.45, 2.75) is 25.3 Å². The highest BCUT2D eigenvalue weighted by atomic mass is 32.2. The fraction of sp³-hybridized carbons (Fsp3) is 0.263. The van der Waals surface area contributed by atoms with Gasteiger partial charge in [0.2, 0.25) is 5.91 Å². The van der Waals surface area contributed by atoms with Gasteiger partial charge in [-0.05, 0) is 54.6 Å². The molecule has 6 nitrogen and oxygen atoms in total. The third kappa shape index (κ3) is 4.92. The van der Waals surface area contributed by atoms with Crippen LogP contribution in [0, 0.1) is 0 Å². The van der Waals surface area contributed by atoms with Gasteiger partial charge in [0, 0.05) is 12.5 Å². The summed E-state index contributed by atoms with van der Waals surface area (Å²) >= 11 is 1.19. The highest BCUT2D eigenvalue weighted by Crippen LogP contribution is 2.30. The van der Waals surface area contributed by atoms with Crippen LogP contribution in [0.2, 0.25) is 0 Å². The zero-order chi connectivity index (χ0) is 18.4. The van der Waals surface area contributed by atoms with Crippen molar-refractivity contribution in [1.82, 2.24) is 4.31 Å². The standard InChI is InChI=1S/C19H20N2O4S/c20-19(23)24-13-26-21-15(8-11-18(21)22)12-14-6-9-17(10-7-14)25-16-4-2-1-3-5-16/h1-7,9-10,15H,8,11-13H2,(H2,20,23)/t15-/m1/s1. The topological polar surface area (TPSA) is 81.9 Å². The first kappa shape index (κ1) is 18.1. The van der Waals surface area contributed by atoms with Crippen LogP contribution in [-0.2, 0) is 16.0 Å². The van der Waals surface area contributed by atoms with Crippen molar-refractivity contribution in [3.63, 3.8) is 0 Å². The second-order valence-corrected chi connectivity index (χ2v) is 6.77. The molecule has 1 aliphatic heterocycles. The summed E-state index contributed by atoms with van der Waals surface area (Å²) in [5, 5.41) is 0. The van der Waals surface area contributed by atoms with Gasteiger partial charge in [-0.1, -0.05) is 30.3 Å². The van der Waals surface area contributed by atoms with Gasteiger partial charge in [0.25, 0.3) is 0 Å². The lowest BCUT2D eigenvalue weighted by Crippen LogP contribution is -2.29. The van der Waals surface area contributed by atoms with Crippen LogP contribution in [-0.4, -0.2) is 28.3 Å². The molecule has 0 spiro atoms. The van der Waals surface area contributed by atoms with Gasteiger partial charge < -0.3 is 15.2 Å². The number of ether oxygens (including phenoxy) is 2. The van der Waals surface area contributed by atoms with E-state index in [1.54, 1.807) is 4.31 Å². The summed E-state index contributed by atoms with van der Waals surface area (Å²) < 4.78 is 12.2. The van der Waals surface area contributed by atoms with Gasteiger partial charge >= 0.3 is 6.09 Å². The van der Waals surface area contributed by atoms with Gasteiger partial charge in [0.05, 0.1) is 0 Å². The van der Waals surface area contributed by atoms with E-state index in [9.17, 15) is 9.59 Å². The highest BCUT2D eigenvalue weighted by Gasteiger charge is 2.31. The number of nitrogens with zero attached hydrogens (tertiary/aromatic N) is 1. The Bertz CT molecular complexity index is 752. The number of amides is 2. The van der Waals surface area contributed by atoms with Crippen LogP contribution in [0.5, 0.6) is 11.5 Å². The van der Waals surface area contributed by atoms with Crippen molar-refractivity contribution in [2.75, 3.05) is 5.94 Å². The molecule has 1 saturated heterocycles. The molecule has 0 aromatic heterocycles. The Kier molecular flexibility index (Phi) is 6.01. The normalized spacial score (nSPS) is 16.5. The maximum Gasteiger partial charge on any atom is 0.405 e. The smallest absolute Gasteiger partial charge is 0.405 e. The van der Waals surface area contributed by atoms with Crippen LogP contribution in [0.15, 0.2) is 54.6 Å². The van der Waals surface area contributed by atoms with E-state index in [2.05, 4.69) is 0 Å². The highest BCUT2D eigenvalue weighted by molar-refractivity contribution is 7.97. The average molecular weight is 372 g/mol. The predicted molar refractivity (Wildman–Crippen MR) is 99.7 cm³/mol. The Hall–Kier alpha value is -2.67. The molecule has 0 bridgehead atoms. The molecule has 26 heavy (non-hydrogen) atoms. The first-order valence-electron chi connectivity index (χ1n) is 8.31. The van der Waals surface area contributed by atoms with Crippen molar-refractivity contribution >= 4 is 23.9 Å². The van der Waals surface area contributed by atoms with Gasteiger partial charge in [-0.3, -0.25) is 9.10 Å². The largest absolute Gasteiger partial charge is 0.457 e. The minimum Gasteiger partial charge on any atom is -0.457 e. The Morgan fingerprint density at radius 1 is 1.12 bits per heavy atom. The third-order valence-corrected chi connectivity index (χ3v) is 5.04. The summed E-state index contributed by atoms with van der Waals surface area (Å²) in [4.78, 5) is 22.7. The molecule has 1 atom stereocenters. The molecule has 0 aliphatic carbocycles. The first-order valence-corrected chi connectivity index (χ1v) is 9.25. The van der Waals surface area contributed by atoms with Gasteiger partial charge in [-0.25, -0.2) is 4.79 Å². The summed E-state index contributed by atoms with van der Waals surface area (Å²) in [7, 11) is 0. The van der Waals surface area contributed by atoms with Gasteiger partial charge in [0.1, 0.15) is 11.5 Å². The number of primary amides is 1. The van der Waals surface area contributed by atoms with E-state index < -0.39 is 6.09 Å². The van der Waals surface area contributed by atoms with Crippen molar-refractivity contribution in [2.24, 2.45) is 5.73 Å². The molecule has 1 fully saturated rings. The molecule has 2 N–H and O–H groups in total. The van der Waals surface area contributed by atoms with Gasteiger partial charge in [0.15, 0.2) is 5.94 Å². The number of hydrogen-bond donors (Lipinski definition) is 1. The molecule has 2 aromatic carbocycles. The van der Waals surface area contributed by atoms with Crippen molar-refractivity contribution in [3.8, 4) is 11.5 Å². The number of carbonyl (C=O) groups excluding carboxylic acids is 2. The molecule has 1 heterocycles. The van der Waals surface area contributed by atoms with Crippen molar-refractivity contribution in [1.29, 1.82) is 0 Å². The number of benzene rings is 2. The van der Waals surface area contributed by atoms with Crippen LogP contribution in [0.4, 0.5) is 4.79 Å². The van der Waals surface area contributed by atoms with Gasteiger partial charge in [-0.15, -0.1) is 0 Å². The summed E-state index contributed by atoms with van der Waals surface area (Å²) in [6.07, 6.45) is 1.18. The summed E-state index contributed by atoms with van der Waals surface area (Å²) in [6.45, 7) is 0. The van der Waals surface area contributed by atoms with E-state index in [1.165, 1.54) is 11.9 Å². The molecule has 7 heteroatoms. The molecule has 1 aliphatic rings. The minimum absolute atomic E-state index is 0.0431. The lowest BCUT2D eigenvalue weighted by Gasteiger charge is -2.23. The Balaban J connectivity index is 1.57. The van der Waals surface area contributed by atoms with Gasteiger partial charge in [-0.2, -0.15) is 0 Å². The van der Waals surface area contributed by atoms with Crippen molar-refractivity contribution in [3.05, 3.63) is 60.2 Å².